The van der Waals surface area contributed by atoms with Gasteiger partial charge in [-0.15, -0.1) is 0 Å². The molecule has 0 aliphatic carbocycles. The lowest BCUT2D eigenvalue weighted by Crippen LogP contribution is -2.33. The maximum Gasteiger partial charge on any atom is 0.341 e. The number of halogens is 1. The number of ether oxygens (including phenoxy) is 1. The highest BCUT2D eigenvalue weighted by molar-refractivity contribution is 6.32. The Morgan fingerprint density at radius 3 is 2.89 bits per heavy atom. The van der Waals surface area contributed by atoms with Gasteiger partial charge in [-0.2, -0.15) is 0 Å². The number of aromatic nitrogens is 1. The average Bonchev–Trinajstić information content (AvgIpc) is 2.40. The van der Waals surface area contributed by atoms with Gasteiger partial charge in [0, 0.05) is 12.7 Å². The van der Waals surface area contributed by atoms with Crippen molar-refractivity contribution in [3.05, 3.63) is 29.0 Å². The van der Waals surface area contributed by atoms with E-state index in [4.69, 9.17) is 16.3 Å². The highest BCUT2D eigenvalue weighted by atomic mass is 35.5. The number of piperidine rings is 1. The number of carbonyl (C=O) groups is 1. The molecule has 0 radical (unpaired) electrons. The molecular formula is C13H17ClN2O2. The highest BCUT2D eigenvalue weighted by Crippen LogP contribution is 2.13. The number of nitrogens with zero attached hydrogens (tertiary/aromatic N) is 2. The van der Waals surface area contributed by atoms with Crippen LogP contribution in [0.1, 0.15) is 29.6 Å². The second-order valence-electron chi connectivity index (χ2n) is 4.38. The van der Waals surface area contributed by atoms with Gasteiger partial charge in [0.1, 0.15) is 11.8 Å². The zero-order valence-electron chi connectivity index (χ0n) is 10.3. The number of rotatable bonds is 4. The first-order chi connectivity index (χ1) is 8.77. The molecule has 98 valence electrons. The molecule has 0 unspecified atom stereocenters. The highest BCUT2D eigenvalue weighted by Gasteiger charge is 2.14. The van der Waals surface area contributed by atoms with Gasteiger partial charge in [0.25, 0.3) is 0 Å². The standard InChI is InChI=1S/C13H17ClN2O2/c14-12-11(5-4-6-15-12)13(17)18-10-9-16-7-2-1-3-8-16/h4-6H,1-3,7-10H2. The van der Waals surface area contributed by atoms with Crippen LogP contribution in [0.15, 0.2) is 18.3 Å². The minimum absolute atomic E-state index is 0.195. The normalized spacial score (nSPS) is 16.5. The summed E-state index contributed by atoms with van der Waals surface area (Å²) in [5, 5.41) is 0.195. The van der Waals surface area contributed by atoms with Gasteiger partial charge in [-0.25, -0.2) is 9.78 Å². The monoisotopic (exact) mass is 268 g/mol. The van der Waals surface area contributed by atoms with Gasteiger partial charge >= 0.3 is 5.97 Å². The largest absolute Gasteiger partial charge is 0.461 e. The molecule has 1 fully saturated rings. The molecule has 0 bridgehead atoms. The van der Waals surface area contributed by atoms with Crippen LogP contribution in [-0.2, 0) is 4.74 Å². The summed E-state index contributed by atoms with van der Waals surface area (Å²) in [5.74, 6) is -0.398. The second kappa shape index (κ2) is 6.71. The summed E-state index contributed by atoms with van der Waals surface area (Å²) in [6.45, 7) is 3.41. The smallest absolute Gasteiger partial charge is 0.341 e. The Morgan fingerprint density at radius 2 is 2.17 bits per heavy atom. The molecule has 0 aromatic carbocycles. The van der Waals surface area contributed by atoms with E-state index < -0.39 is 5.97 Å². The van der Waals surface area contributed by atoms with Gasteiger partial charge < -0.3 is 4.74 Å². The topological polar surface area (TPSA) is 42.4 Å². The van der Waals surface area contributed by atoms with Gasteiger partial charge in [0.05, 0.1) is 5.56 Å². The number of likely N-dealkylation sites (tertiary alicyclic amines) is 1. The van der Waals surface area contributed by atoms with Crippen LogP contribution in [0.3, 0.4) is 0 Å². The number of hydrogen-bond acceptors (Lipinski definition) is 4. The Bertz CT molecular complexity index is 406. The molecule has 1 saturated heterocycles. The summed E-state index contributed by atoms with van der Waals surface area (Å²) >= 11 is 5.82. The molecule has 1 aliphatic rings. The Morgan fingerprint density at radius 1 is 1.39 bits per heavy atom. The van der Waals surface area contributed by atoms with E-state index in [2.05, 4.69) is 9.88 Å². The van der Waals surface area contributed by atoms with Crippen LogP contribution in [0.25, 0.3) is 0 Å². The molecule has 0 saturated carbocycles. The second-order valence-corrected chi connectivity index (χ2v) is 4.74. The van der Waals surface area contributed by atoms with Crippen molar-refractivity contribution in [2.45, 2.75) is 19.3 Å². The molecule has 1 aromatic heterocycles. The summed E-state index contributed by atoms with van der Waals surface area (Å²) in [4.78, 5) is 17.9. The third kappa shape index (κ3) is 3.68. The summed E-state index contributed by atoms with van der Waals surface area (Å²) in [6, 6.07) is 3.30. The van der Waals surface area contributed by atoms with Crippen LogP contribution in [0.5, 0.6) is 0 Å². The van der Waals surface area contributed by atoms with Gasteiger partial charge in [0.2, 0.25) is 0 Å². The fourth-order valence-electron chi connectivity index (χ4n) is 2.07. The van der Waals surface area contributed by atoms with E-state index in [-0.39, 0.29) is 5.15 Å². The molecule has 0 atom stereocenters. The van der Waals surface area contributed by atoms with E-state index in [1.807, 2.05) is 0 Å². The zero-order chi connectivity index (χ0) is 12.8. The molecular weight excluding hydrogens is 252 g/mol. The van der Waals surface area contributed by atoms with Crippen molar-refractivity contribution in [1.29, 1.82) is 0 Å². The summed E-state index contributed by atoms with van der Waals surface area (Å²) in [6.07, 6.45) is 5.33. The van der Waals surface area contributed by atoms with Crippen LogP contribution in [0.4, 0.5) is 0 Å². The van der Waals surface area contributed by atoms with Gasteiger partial charge in [-0.1, -0.05) is 18.0 Å². The molecule has 0 spiro atoms. The molecule has 2 heterocycles. The Hall–Kier alpha value is -1.13. The van der Waals surface area contributed by atoms with Crippen molar-refractivity contribution < 1.29 is 9.53 Å². The summed E-state index contributed by atoms with van der Waals surface area (Å²) < 4.78 is 5.21. The van der Waals surface area contributed by atoms with Crippen LogP contribution < -0.4 is 0 Å². The fraction of sp³-hybridized carbons (Fsp3) is 0.538. The lowest BCUT2D eigenvalue weighted by atomic mass is 10.1. The molecule has 2 rings (SSSR count). The predicted molar refractivity (Wildman–Crippen MR) is 69.8 cm³/mol. The Kier molecular flexibility index (Phi) is 4.96. The predicted octanol–water partition coefficient (Wildman–Crippen LogP) is 2.38. The van der Waals surface area contributed by atoms with E-state index in [9.17, 15) is 4.79 Å². The maximum atomic E-state index is 11.7. The Balaban J connectivity index is 1.76. The van der Waals surface area contributed by atoms with Crippen LogP contribution in [0.2, 0.25) is 5.15 Å². The van der Waals surface area contributed by atoms with E-state index in [0.717, 1.165) is 19.6 Å². The van der Waals surface area contributed by atoms with Crippen molar-refractivity contribution in [2.24, 2.45) is 0 Å². The van der Waals surface area contributed by atoms with Crippen molar-refractivity contribution in [1.82, 2.24) is 9.88 Å². The third-order valence-electron chi connectivity index (χ3n) is 3.07. The molecule has 0 amide bonds. The lowest BCUT2D eigenvalue weighted by molar-refractivity contribution is 0.0452. The first-order valence-corrected chi connectivity index (χ1v) is 6.65. The first-order valence-electron chi connectivity index (χ1n) is 6.27. The minimum atomic E-state index is -0.398. The van der Waals surface area contributed by atoms with Crippen molar-refractivity contribution in [3.63, 3.8) is 0 Å². The zero-order valence-corrected chi connectivity index (χ0v) is 11.0. The fourth-order valence-corrected chi connectivity index (χ4v) is 2.26. The summed E-state index contributed by atoms with van der Waals surface area (Å²) in [5.41, 5.74) is 0.331. The maximum absolute atomic E-state index is 11.7. The molecule has 5 heteroatoms. The van der Waals surface area contributed by atoms with Crippen molar-refractivity contribution in [2.75, 3.05) is 26.2 Å². The average molecular weight is 269 g/mol. The molecule has 4 nitrogen and oxygen atoms in total. The van der Waals surface area contributed by atoms with Gasteiger partial charge in [0.15, 0.2) is 0 Å². The minimum Gasteiger partial charge on any atom is -0.461 e. The SMILES string of the molecule is O=C(OCCN1CCCCC1)c1cccnc1Cl. The van der Waals surface area contributed by atoms with Gasteiger partial charge in [-0.3, -0.25) is 4.90 Å². The molecule has 18 heavy (non-hydrogen) atoms. The first kappa shape index (κ1) is 13.3. The third-order valence-corrected chi connectivity index (χ3v) is 3.37. The van der Waals surface area contributed by atoms with E-state index in [0.29, 0.717) is 12.2 Å². The number of esters is 1. The molecule has 0 N–H and O–H groups in total. The number of pyridine rings is 1. The van der Waals surface area contributed by atoms with Gasteiger partial charge in [-0.05, 0) is 38.1 Å². The summed E-state index contributed by atoms with van der Waals surface area (Å²) in [7, 11) is 0. The number of hydrogen-bond donors (Lipinski definition) is 0. The van der Waals surface area contributed by atoms with Crippen LogP contribution in [0, 0.1) is 0 Å². The van der Waals surface area contributed by atoms with Crippen molar-refractivity contribution in [3.8, 4) is 0 Å². The number of carbonyl (C=O) groups excluding carboxylic acids is 1. The van der Waals surface area contributed by atoms with Crippen LogP contribution in [-0.4, -0.2) is 42.1 Å². The molecule has 1 aliphatic heterocycles. The van der Waals surface area contributed by atoms with Crippen LogP contribution >= 0.6 is 11.6 Å². The van der Waals surface area contributed by atoms with Crippen molar-refractivity contribution >= 4 is 17.6 Å². The quantitative estimate of drug-likeness (QED) is 0.621. The van der Waals surface area contributed by atoms with E-state index in [1.165, 1.54) is 19.3 Å². The lowest BCUT2D eigenvalue weighted by Gasteiger charge is -2.25. The van der Waals surface area contributed by atoms with E-state index >= 15 is 0 Å². The molecule has 1 aromatic rings. The van der Waals surface area contributed by atoms with E-state index in [1.54, 1.807) is 18.3 Å². The Labute approximate surface area is 112 Å².